The average molecular weight is 360 g/mol. The van der Waals surface area contributed by atoms with Crippen LogP contribution >= 0.6 is 31.9 Å². The van der Waals surface area contributed by atoms with Crippen molar-refractivity contribution in [1.29, 1.82) is 0 Å². The highest BCUT2D eigenvalue weighted by Crippen LogP contribution is 2.20. The van der Waals surface area contributed by atoms with E-state index in [4.69, 9.17) is 9.84 Å². The standard InChI is InChI=1S/C8H13BrO2.C2H3BrO2/c9-6-8(10)11-7-4-2-1-3-5-7;3-1-2(4)5/h7H,1-6H2;1H2,(H,4,5). The molecular weight excluding hydrogens is 344 g/mol. The second-order valence-corrected chi connectivity index (χ2v) is 4.53. The summed E-state index contributed by atoms with van der Waals surface area (Å²) in [6, 6.07) is 0. The van der Waals surface area contributed by atoms with Gasteiger partial charge in [-0.2, -0.15) is 0 Å². The zero-order chi connectivity index (χ0) is 12.4. The lowest BCUT2D eigenvalue weighted by Gasteiger charge is -2.21. The van der Waals surface area contributed by atoms with Crippen molar-refractivity contribution in [1.82, 2.24) is 0 Å². The van der Waals surface area contributed by atoms with E-state index in [9.17, 15) is 9.59 Å². The van der Waals surface area contributed by atoms with Crippen molar-refractivity contribution in [3.05, 3.63) is 0 Å². The van der Waals surface area contributed by atoms with Crippen molar-refractivity contribution in [2.24, 2.45) is 0 Å². The van der Waals surface area contributed by atoms with Crippen LogP contribution in [-0.2, 0) is 14.3 Å². The Bertz CT molecular complexity index is 215. The predicted molar refractivity (Wildman–Crippen MR) is 68.2 cm³/mol. The van der Waals surface area contributed by atoms with Crippen LogP contribution in [0.1, 0.15) is 32.1 Å². The first-order valence-electron chi connectivity index (χ1n) is 5.13. The third-order valence-electron chi connectivity index (χ3n) is 2.07. The van der Waals surface area contributed by atoms with E-state index in [-0.39, 0.29) is 17.4 Å². The molecule has 0 heterocycles. The molecule has 1 aliphatic rings. The maximum absolute atomic E-state index is 10.8. The van der Waals surface area contributed by atoms with E-state index in [0.717, 1.165) is 12.8 Å². The number of halogens is 2. The van der Waals surface area contributed by atoms with Gasteiger partial charge in [0.2, 0.25) is 0 Å². The van der Waals surface area contributed by atoms with Crippen molar-refractivity contribution in [3.63, 3.8) is 0 Å². The number of carbonyl (C=O) groups excluding carboxylic acids is 1. The minimum Gasteiger partial charge on any atom is -0.481 e. The topological polar surface area (TPSA) is 63.6 Å². The van der Waals surface area contributed by atoms with Crippen molar-refractivity contribution in [3.8, 4) is 0 Å². The van der Waals surface area contributed by atoms with Gasteiger partial charge in [0.15, 0.2) is 0 Å². The minimum absolute atomic E-state index is 0.0347. The largest absolute Gasteiger partial charge is 0.481 e. The van der Waals surface area contributed by atoms with Crippen molar-refractivity contribution in [2.45, 2.75) is 38.2 Å². The van der Waals surface area contributed by atoms with E-state index in [0.29, 0.717) is 5.33 Å². The molecule has 1 rings (SSSR count). The van der Waals surface area contributed by atoms with Crippen LogP contribution in [-0.4, -0.2) is 33.8 Å². The third-order valence-corrected chi connectivity index (χ3v) is 3.01. The van der Waals surface area contributed by atoms with Gasteiger partial charge in [0, 0.05) is 0 Å². The molecule has 1 saturated carbocycles. The molecule has 94 valence electrons. The Hall–Kier alpha value is -0.100. The van der Waals surface area contributed by atoms with Gasteiger partial charge in [0.25, 0.3) is 0 Å². The number of alkyl halides is 2. The highest BCUT2D eigenvalue weighted by Gasteiger charge is 2.16. The Morgan fingerprint density at radius 3 is 2.00 bits per heavy atom. The molecule has 16 heavy (non-hydrogen) atoms. The summed E-state index contributed by atoms with van der Waals surface area (Å²) in [6.45, 7) is 0. The van der Waals surface area contributed by atoms with Gasteiger partial charge in [0.05, 0.1) is 0 Å². The Labute approximate surface area is 112 Å². The van der Waals surface area contributed by atoms with Crippen LogP contribution in [0.15, 0.2) is 0 Å². The average Bonchev–Trinajstić information content (AvgIpc) is 2.31. The van der Waals surface area contributed by atoms with Crippen molar-refractivity contribution >= 4 is 43.8 Å². The van der Waals surface area contributed by atoms with E-state index < -0.39 is 5.97 Å². The quantitative estimate of drug-likeness (QED) is 0.621. The molecular formula is C10H16Br2O4. The van der Waals surface area contributed by atoms with Crippen LogP contribution in [0.25, 0.3) is 0 Å². The molecule has 0 aromatic rings. The number of hydrogen-bond donors (Lipinski definition) is 1. The molecule has 6 heteroatoms. The lowest BCUT2D eigenvalue weighted by Crippen LogP contribution is -2.21. The predicted octanol–water partition coefficient (Wildman–Crippen LogP) is 2.72. The molecule has 0 aromatic carbocycles. The third kappa shape index (κ3) is 9.15. The second kappa shape index (κ2) is 10.1. The summed E-state index contributed by atoms with van der Waals surface area (Å²) < 4.78 is 5.15. The van der Waals surface area contributed by atoms with E-state index >= 15 is 0 Å². The van der Waals surface area contributed by atoms with Crippen LogP contribution in [0.2, 0.25) is 0 Å². The lowest BCUT2D eigenvalue weighted by atomic mass is 9.98. The Balaban J connectivity index is 0.000000385. The van der Waals surface area contributed by atoms with E-state index in [1.807, 2.05) is 0 Å². The van der Waals surface area contributed by atoms with E-state index in [1.165, 1.54) is 19.3 Å². The van der Waals surface area contributed by atoms with Gasteiger partial charge in [-0.3, -0.25) is 9.59 Å². The summed E-state index contributed by atoms with van der Waals surface area (Å²) in [5.41, 5.74) is 0. The SMILES string of the molecule is O=C(CBr)OC1CCCCC1.O=C(O)CBr. The second-order valence-electron chi connectivity index (χ2n) is 3.41. The molecule has 0 aromatic heterocycles. The Morgan fingerprint density at radius 1 is 1.12 bits per heavy atom. The number of aliphatic carboxylic acids is 1. The first kappa shape index (κ1) is 15.9. The number of rotatable bonds is 3. The molecule has 0 bridgehead atoms. The summed E-state index contributed by atoms with van der Waals surface area (Å²) in [5, 5.41) is 8.03. The molecule has 0 unspecified atom stereocenters. The fourth-order valence-electron chi connectivity index (χ4n) is 1.40. The van der Waals surface area contributed by atoms with Gasteiger partial charge in [-0.1, -0.05) is 38.3 Å². The molecule has 1 aliphatic carbocycles. The smallest absolute Gasteiger partial charge is 0.316 e. The van der Waals surface area contributed by atoms with Crippen LogP contribution in [0.3, 0.4) is 0 Å². The van der Waals surface area contributed by atoms with Gasteiger partial charge < -0.3 is 9.84 Å². The zero-order valence-corrected chi connectivity index (χ0v) is 12.1. The van der Waals surface area contributed by atoms with Crippen LogP contribution in [0, 0.1) is 0 Å². The number of carbonyl (C=O) groups is 2. The highest BCUT2D eigenvalue weighted by atomic mass is 79.9. The highest BCUT2D eigenvalue weighted by molar-refractivity contribution is 9.09. The van der Waals surface area contributed by atoms with Crippen LogP contribution < -0.4 is 0 Å². The zero-order valence-electron chi connectivity index (χ0n) is 8.95. The molecule has 0 radical (unpaired) electrons. The molecule has 1 fully saturated rings. The maximum Gasteiger partial charge on any atom is 0.316 e. The summed E-state index contributed by atoms with van der Waals surface area (Å²) in [6.07, 6.45) is 6.02. The number of esters is 1. The van der Waals surface area contributed by atoms with Crippen molar-refractivity contribution in [2.75, 3.05) is 10.7 Å². The summed E-state index contributed by atoms with van der Waals surface area (Å²) in [5.74, 6) is -0.957. The lowest BCUT2D eigenvalue weighted by molar-refractivity contribution is -0.147. The van der Waals surface area contributed by atoms with Gasteiger partial charge in [-0.15, -0.1) is 0 Å². The number of ether oxygens (including phenoxy) is 1. The van der Waals surface area contributed by atoms with E-state index in [2.05, 4.69) is 31.9 Å². The first-order chi connectivity index (χ1) is 7.60. The fourth-order valence-corrected chi connectivity index (χ4v) is 1.53. The van der Waals surface area contributed by atoms with Crippen LogP contribution in [0.5, 0.6) is 0 Å². The van der Waals surface area contributed by atoms with Crippen molar-refractivity contribution < 1.29 is 19.4 Å². The Morgan fingerprint density at radius 2 is 1.62 bits per heavy atom. The first-order valence-corrected chi connectivity index (χ1v) is 7.37. The maximum atomic E-state index is 10.8. The van der Waals surface area contributed by atoms with Gasteiger partial charge in [-0.25, -0.2) is 0 Å². The van der Waals surface area contributed by atoms with Gasteiger partial charge >= 0.3 is 11.9 Å². The van der Waals surface area contributed by atoms with Crippen LogP contribution in [0.4, 0.5) is 0 Å². The summed E-state index contributed by atoms with van der Waals surface area (Å²) in [4.78, 5) is 20.1. The summed E-state index contributed by atoms with van der Waals surface area (Å²) >= 11 is 5.78. The molecule has 0 spiro atoms. The molecule has 0 saturated heterocycles. The number of carboxylic acids is 1. The number of hydrogen-bond acceptors (Lipinski definition) is 3. The minimum atomic E-state index is -0.829. The fraction of sp³-hybridized carbons (Fsp3) is 0.800. The molecule has 0 aliphatic heterocycles. The Kier molecular flexibility index (Phi) is 10.0. The molecule has 0 atom stereocenters. The summed E-state index contributed by atoms with van der Waals surface area (Å²) in [7, 11) is 0. The number of carboxylic acid groups (broad SMARTS) is 1. The van der Waals surface area contributed by atoms with Gasteiger partial charge in [0.1, 0.15) is 16.8 Å². The molecule has 0 amide bonds. The van der Waals surface area contributed by atoms with Gasteiger partial charge in [-0.05, 0) is 25.7 Å². The normalized spacial score (nSPS) is 15.9. The van der Waals surface area contributed by atoms with E-state index in [1.54, 1.807) is 0 Å². The molecule has 1 N–H and O–H groups in total. The monoisotopic (exact) mass is 358 g/mol. The molecule has 4 nitrogen and oxygen atoms in total.